The number of imidazole rings is 1. The lowest BCUT2D eigenvalue weighted by atomic mass is 10.0. The number of aromatic nitrogens is 3. The van der Waals surface area contributed by atoms with E-state index in [9.17, 15) is 0 Å². The third-order valence-corrected chi connectivity index (χ3v) is 6.34. The maximum Gasteiger partial charge on any atom is 0.110 e. The predicted octanol–water partition coefficient (Wildman–Crippen LogP) is 7.12. The van der Waals surface area contributed by atoms with E-state index in [-0.39, 0.29) is 0 Å². The monoisotopic (exact) mass is 464 g/mol. The fraction of sp³-hybridized carbons (Fsp3) is 0.231. The molecular formula is C26H26Cl2N4. The first-order valence-corrected chi connectivity index (χ1v) is 11.6. The Kier molecular flexibility index (Phi) is 7.59. The molecule has 0 aliphatic carbocycles. The maximum atomic E-state index is 6.31. The van der Waals surface area contributed by atoms with Gasteiger partial charge in [0.1, 0.15) is 5.82 Å². The summed E-state index contributed by atoms with van der Waals surface area (Å²) >= 11 is 12.4. The molecule has 0 amide bonds. The van der Waals surface area contributed by atoms with E-state index < -0.39 is 0 Å². The highest BCUT2D eigenvalue weighted by atomic mass is 35.5. The second-order valence-electron chi connectivity index (χ2n) is 7.77. The quantitative estimate of drug-likeness (QED) is 0.259. The van der Waals surface area contributed by atoms with Crippen LogP contribution in [0.15, 0.2) is 73.1 Å². The molecule has 0 spiro atoms. The molecule has 4 aromatic rings. The average Bonchev–Trinajstić information content (AvgIpc) is 3.27. The van der Waals surface area contributed by atoms with E-state index in [0.717, 1.165) is 54.3 Å². The summed E-state index contributed by atoms with van der Waals surface area (Å²) in [5, 5.41) is 4.61. The molecule has 32 heavy (non-hydrogen) atoms. The van der Waals surface area contributed by atoms with Gasteiger partial charge in [0.05, 0.1) is 21.4 Å². The molecule has 164 valence electrons. The van der Waals surface area contributed by atoms with Crippen LogP contribution in [0.1, 0.15) is 37.1 Å². The zero-order valence-corrected chi connectivity index (χ0v) is 19.5. The van der Waals surface area contributed by atoms with Gasteiger partial charge < -0.3 is 10.3 Å². The first kappa shape index (κ1) is 22.5. The number of hydrogen-bond donors (Lipinski definition) is 2. The minimum absolute atomic E-state index is 0.315. The SMILES string of the molecule is CCC(CCNCc1ccccc1)c1nc(-c2ccc(Cl)c(Cl)c2)c(-c2ccncc2)[nH]1. The number of H-pyrrole nitrogens is 1. The minimum atomic E-state index is 0.315. The van der Waals surface area contributed by atoms with Crippen molar-refractivity contribution >= 4 is 23.2 Å². The Morgan fingerprint density at radius 3 is 2.44 bits per heavy atom. The van der Waals surface area contributed by atoms with Crippen LogP contribution in [0.4, 0.5) is 0 Å². The summed E-state index contributed by atoms with van der Waals surface area (Å²) in [7, 11) is 0. The van der Waals surface area contributed by atoms with Gasteiger partial charge in [0.15, 0.2) is 0 Å². The van der Waals surface area contributed by atoms with Gasteiger partial charge in [-0.2, -0.15) is 0 Å². The zero-order chi connectivity index (χ0) is 22.3. The summed E-state index contributed by atoms with van der Waals surface area (Å²) in [6, 6.07) is 20.1. The number of pyridine rings is 1. The normalized spacial score (nSPS) is 12.1. The minimum Gasteiger partial charge on any atom is -0.341 e. The average molecular weight is 465 g/mol. The molecule has 1 atom stereocenters. The van der Waals surface area contributed by atoms with Crippen molar-refractivity contribution in [1.82, 2.24) is 20.3 Å². The van der Waals surface area contributed by atoms with E-state index in [1.54, 1.807) is 12.4 Å². The van der Waals surface area contributed by atoms with Gasteiger partial charge in [0.2, 0.25) is 0 Å². The standard InChI is InChI=1S/C26H26Cl2N4/c1-2-19(10-15-30-17-18-6-4-3-5-7-18)26-31-24(20-11-13-29-14-12-20)25(32-26)21-8-9-22(27)23(28)16-21/h3-9,11-14,16,19,30H,2,10,15,17H2,1H3,(H,31,32). The van der Waals surface area contributed by atoms with Gasteiger partial charge in [-0.25, -0.2) is 4.98 Å². The summed E-state index contributed by atoms with van der Waals surface area (Å²) < 4.78 is 0. The van der Waals surface area contributed by atoms with Crippen LogP contribution in [0.25, 0.3) is 22.5 Å². The van der Waals surface area contributed by atoms with E-state index in [1.165, 1.54) is 5.56 Å². The molecule has 0 aliphatic rings. The molecule has 0 radical (unpaired) electrons. The third kappa shape index (κ3) is 5.39. The topological polar surface area (TPSA) is 53.6 Å². The zero-order valence-electron chi connectivity index (χ0n) is 18.0. The molecule has 1 unspecified atom stereocenters. The fourth-order valence-corrected chi connectivity index (χ4v) is 4.10. The Morgan fingerprint density at radius 1 is 0.938 bits per heavy atom. The van der Waals surface area contributed by atoms with Crippen molar-refractivity contribution in [3.8, 4) is 22.5 Å². The van der Waals surface area contributed by atoms with Crippen LogP contribution in [0.2, 0.25) is 10.0 Å². The summed E-state index contributed by atoms with van der Waals surface area (Å²) in [5.41, 5.74) is 5.11. The number of aromatic amines is 1. The molecular weight excluding hydrogens is 439 g/mol. The molecule has 0 fully saturated rings. The van der Waals surface area contributed by atoms with Crippen LogP contribution in [0, 0.1) is 0 Å². The molecule has 4 nitrogen and oxygen atoms in total. The largest absolute Gasteiger partial charge is 0.341 e. The third-order valence-electron chi connectivity index (χ3n) is 5.61. The van der Waals surface area contributed by atoms with Crippen molar-refractivity contribution in [3.05, 3.63) is 94.5 Å². The Bertz CT molecular complexity index is 1140. The maximum absolute atomic E-state index is 6.31. The number of benzene rings is 2. The lowest BCUT2D eigenvalue weighted by Crippen LogP contribution is -2.17. The lowest BCUT2D eigenvalue weighted by molar-refractivity contribution is 0.537. The molecule has 2 heterocycles. The van der Waals surface area contributed by atoms with Crippen molar-refractivity contribution in [1.29, 1.82) is 0 Å². The van der Waals surface area contributed by atoms with Crippen LogP contribution in [0.5, 0.6) is 0 Å². The molecule has 0 aliphatic heterocycles. The molecule has 4 rings (SSSR count). The van der Waals surface area contributed by atoms with Gasteiger partial charge in [-0.15, -0.1) is 0 Å². The Morgan fingerprint density at radius 2 is 1.72 bits per heavy atom. The first-order chi connectivity index (χ1) is 15.7. The summed E-state index contributed by atoms with van der Waals surface area (Å²) in [6.07, 6.45) is 5.57. The number of nitrogens with zero attached hydrogens (tertiary/aromatic N) is 2. The van der Waals surface area contributed by atoms with Crippen LogP contribution >= 0.6 is 23.2 Å². The van der Waals surface area contributed by atoms with Gasteiger partial charge >= 0.3 is 0 Å². The van der Waals surface area contributed by atoms with E-state index in [4.69, 9.17) is 28.2 Å². The number of nitrogens with one attached hydrogen (secondary N) is 2. The van der Waals surface area contributed by atoms with Gasteiger partial charge in [-0.1, -0.05) is 66.5 Å². The molecule has 0 saturated carbocycles. The van der Waals surface area contributed by atoms with E-state index in [0.29, 0.717) is 16.0 Å². The molecule has 2 aromatic heterocycles. The fourth-order valence-electron chi connectivity index (χ4n) is 3.80. The summed E-state index contributed by atoms with van der Waals surface area (Å²) in [4.78, 5) is 12.8. The van der Waals surface area contributed by atoms with Gasteiger partial charge in [-0.05, 0) is 49.2 Å². The van der Waals surface area contributed by atoms with Gasteiger partial charge in [-0.3, -0.25) is 4.98 Å². The highest BCUT2D eigenvalue weighted by Gasteiger charge is 2.20. The molecule has 0 saturated heterocycles. The van der Waals surface area contributed by atoms with E-state index >= 15 is 0 Å². The first-order valence-electron chi connectivity index (χ1n) is 10.9. The van der Waals surface area contributed by atoms with Crippen LogP contribution in [0.3, 0.4) is 0 Å². The Labute approximate surface area is 199 Å². The summed E-state index contributed by atoms with van der Waals surface area (Å²) in [6.45, 7) is 3.99. The smallest absolute Gasteiger partial charge is 0.110 e. The molecule has 6 heteroatoms. The van der Waals surface area contributed by atoms with E-state index in [2.05, 4.69) is 46.5 Å². The van der Waals surface area contributed by atoms with Crippen LogP contribution in [-0.4, -0.2) is 21.5 Å². The number of rotatable bonds is 9. The van der Waals surface area contributed by atoms with Gasteiger partial charge in [0, 0.05) is 36.0 Å². The molecule has 2 aromatic carbocycles. The molecule has 2 N–H and O–H groups in total. The number of halogens is 2. The number of hydrogen-bond acceptors (Lipinski definition) is 3. The van der Waals surface area contributed by atoms with Crippen molar-refractivity contribution < 1.29 is 0 Å². The van der Waals surface area contributed by atoms with E-state index in [1.807, 2.05) is 36.4 Å². The highest BCUT2D eigenvalue weighted by molar-refractivity contribution is 6.42. The predicted molar refractivity (Wildman–Crippen MR) is 133 cm³/mol. The Hall–Kier alpha value is -2.66. The second kappa shape index (κ2) is 10.8. The second-order valence-corrected chi connectivity index (χ2v) is 8.58. The highest BCUT2D eigenvalue weighted by Crippen LogP contribution is 2.35. The van der Waals surface area contributed by atoms with Crippen LogP contribution < -0.4 is 5.32 Å². The molecule has 0 bridgehead atoms. The summed E-state index contributed by atoms with van der Waals surface area (Å²) in [5.74, 6) is 1.30. The van der Waals surface area contributed by atoms with Crippen molar-refractivity contribution in [2.75, 3.05) is 6.54 Å². The van der Waals surface area contributed by atoms with Crippen molar-refractivity contribution in [3.63, 3.8) is 0 Å². The lowest BCUT2D eigenvalue weighted by Gasteiger charge is -2.13. The Balaban J connectivity index is 1.57. The van der Waals surface area contributed by atoms with Crippen molar-refractivity contribution in [2.24, 2.45) is 0 Å². The van der Waals surface area contributed by atoms with Crippen molar-refractivity contribution in [2.45, 2.75) is 32.2 Å². The van der Waals surface area contributed by atoms with Crippen LogP contribution in [-0.2, 0) is 6.54 Å². The van der Waals surface area contributed by atoms with Gasteiger partial charge in [0.25, 0.3) is 0 Å².